The van der Waals surface area contributed by atoms with Gasteiger partial charge < -0.3 is 9.64 Å². The van der Waals surface area contributed by atoms with Crippen LogP contribution in [0.15, 0.2) is 24.5 Å². The summed E-state index contributed by atoms with van der Waals surface area (Å²) in [7, 11) is 0. The molecule has 0 radical (unpaired) electrons. The molecule has 1 fully saturated rings. The maximum Gasteiger partial charge on any atom is 0.306 e. The third-order valence-corrected chi connectivity index (χ3v) is 3.23. The molecule has 0 atom stereocenters. The molecule has 0 N–H and O–H groups in total. The van der Waals surface area contributed by atoms with Gasteiger partial charge in [-0.3, -0.25) is 14.6 Å². The molecule has 1 amide bonds. The first kappa shape index (κ1) is 14.5. The minimum Gasteiger partial charge on any atom is -0.466 e. The van der Waals surface area contributed by atoms with Crippen molar-refractivity contribution in [2.75, 3.05) is 6.61 Å². The molecule has 0 aromatic carbocycles. The predicted molar refractivity (Wildman–Crippen MR) is 73.7 cm³/mol. The lowest BCUT2D eigenvalue weighted by Gasteiger charge is -2.22. The van der Waals surface area contributed by atoms with Gasteiger partial charge >= 0.3 is 5.97 Å². The maximum absolute atomic E-state index is 12.2. The Hall–Kier alpha value is -1.91. The average molecular weight is 276 g/mol. The lowest BCUT2D eigenvalue weighted by atomic mass is 10.2. The number of amides is 1. The number of ether oxygens (including phenoxy) is 1. The zero-order valence-electron chi connectivity index (χ0n) is 11.7. The Bertz CT molecular complexity index is 457. The highest BCUT2D eigenvalue weighted by Gasteiger charge is 2.32. The first-order valence-corrected chi connectivity index (χ1v) is 7.04. The van der Waals surface area contributed by atoms with Crippen LogP contribution in [0.3, 0.4) is 0 Å². The fraction of sp³-hybridized carbons (Fsp3) is 0.533. The van der Waals surface area contributed by atoms with Crippen molar-refractivity contribution in [2.24, 2.45) is 0 Å². The van der Waals surface area contributed by atoms with E-state index < -0.39 is 0 Å². The molecule has 1 aromatic rings. The van der Waals surface area contributed by atoms with Crippen molar-refractivity contribution in [3.63, 3.8) is 0 Å². The third-order valence-electron chi connectivity index (χ3n) is 3.23. The van der Waals surface area contributed by atoms with E-state index in [-0.39, 0.29) is 24.7 Å². The molecule has 0 aliphatic heterocycles. The quantitative estimate of drug-likeness (QED) is 0.714. The Morgan fingerprint density at radius 2 is 2.20 bits per heavy atom. The van der Waals surface area contributed by atoms with Crippen molar-refractivity contribution in [1.82, 2.24) is 9.88 Å². The van der Waals surface area contributed by atoms with Crippen LogP contribution in [0.25, 0.3) is 0 Å². The van der Waals surface area contributed by atoms with Gasteiger partial charge in [0.05, 0.1) is 13.0 Å². The number of hydrogen-bond donors (Lipinski definition) is 0. The van der Waals surface area contributed by atoms with Gasteiger partial charge in [-0.05, 0) is 31.4 Å². The van der Waals surface area contributed by atoms with Crippen LogP contribution in [-0.2, 0) is 20.9 Å². The Balaban J connectivity index is 1.88. The number of aromatic nitrogens is 1. The molecule has 1 saturated carbocycles. The van der Waals surface area contributed by atoms with Gasteiger partial charge in [0.1, 0.15) is 0 Å². The molecular weight excluding hydrogens is 256 g/mol. The summed E-state index contributed by atoms with van der Waals surface area (Å²) >= 11 is 0. The summed E-state index contributed by atoms with van der Waals surface area (Å²) in [5, 5.41) is 0. The molecule has 1 aliphatic rings. The molecule has 1 aliphatic carbocycles. The largest absolute Gasteiger partial charge is 0.466 e. The molecule has 0 bridgehead atoms. The minimum atomic E-state index is -0.307. The van der Waals surface area contributed by atoms with Gasteiger partial charge in [0, 0.05) is 31.4 Å². The van der Waals surface area contributed by atoms with Gasteiger partial charge in [0.2, 0.25) is 5.91 Å². The van der Waals surface area contributed by atoms with Crippen LogP contribution in [-0.4, -0.2) is 34.4 Å². The van der Waals surface area contributed by atoms with Crippen molar-refractivity contribution >= 4 is 11.9 Å². The van der Waals surface area contributed by atoms with E-state index >= 15 is 0 Å². The second-order valence-corrected chi connectivity index (χ2v) is 4.92. The Morgan fingerprint density at radius 3 is 2.80 bits per heavy atom. The van der Waals surface area contributed by atoms with Crippen molar-refractivity contribution in [3.05, 3.63) is 30.1 Å². The first-order valence-electron chi connectivity index (χ1n) is 7.04. The second-order valence-electron chi connectivity index (χ2n) is 4.92. The lowest BCUT2D eigenvalue weighted by Crippen LogP contribution is -2.32. The molecule has 1 aromatic heterocycles. The van der Waals surface area contributed by atoms with E-state index in [0.29, 0.717) is 19.2 Å². The molecule has 2 rings (SSSR count). The molecular formula is C15H20N2O3. The zero-order chi connectivity index (χ0) is 14.4. The minimum absolute atomic E-state index is 0.0180. The highest BCUT2D eigenvalue weighted by molar-refractivity contribution is 5.81. The number of esters is 1. The van der Waals surface area contributed by atoms with E-state index in [4.69, 9.17) is 4.74 Å². The summed E-state index contributed by atoms with van der Waals surface area (Å²) in [5.74, 6) is -0.289. The average Bonchev–Trinajstić information content (AvgIpc) is 3.28. The Kier molecular flexibility index (Phi) is 5.09. The zero-order valence-corrected chi connectivity index (χ0v) is 11.7. The number of pyridine rings is 1. The standard InChI is InChI=1S/C15H20N2O3/c1-2-20-15(19)8-7-14(18)17(13-5-6-13)11-12-4-3-9-16-10-12/h3-4,9-10,13H,2,5-8,11H2,1H3. The summed E-state index contributed by atoms with van der Waals surface area (Å²) in [6, 6.07) is 4.15. The third kappa shape index (κ3) is 4.33. The molecule has 5 nitrogen and oxygen atoms in total. The van der Waals surface area contributed by atoms with Gasteiger partial charge in [0.15, 0.2) is 0 Å². The molecule has 1 heterocycles. The van der Waals surface area contributed by atoms with Crippen LogP contribution >= 0.6 is 0 Å². The van der Waals surface area contributed by atoms with E-state index in [9.17, 15) is 9.59 Å². The summed E-state index contributed by atoms with van der Waals surface area (Å²) in [6.45, 7) is 2.69. The molecule has 5 heteroatoms. The van der Waals surface area contributed by atoms with Crippen molar-refractivity contribution < 1.29 is 14.3 Å². The van der Waals surface area contributed by atoms with E-state index in [1.54, 1.807) is 19.3 Å². The monoisotopic (exact) mass is 276 g/mol. The normalized spacial score (nSPS) is 13.8. The Morgan fingerprint density at radius 1 is 1.40 bits per heavy atom. The van der Waals surface area contributed by atoms with Crippen molar-refractivity contribution in [2.45, 2.75) is 45.2 Å². The fourth-order valence-corrected chi connectivity index (χ4v) is 2.08. The van der Waals surface area contributed by atoms with Crippen LogP contribution in [0.2, 0.25) is 0 Å². The van der Waals surface area contributed by atoms with Crippen molar-refractivity contribution in [1.29, 1.82) is 0 Å². The number of rotatable bonds is 7. The molecule has 108 valence electrons. The lowest BCUT2D eigenvalue weighted by molar-refractivity contribution is -0.146. The van der Waals surface area contributed by atoms with Crippen LogP contribution in [0.5, 0.6) is 0 Å². The molecule has 0 spiro atoms. The van der Waals surface area contributed by atoms with Crippen LogP contribution in [0, 0.1) is 0 Å². The van der Waals surface area contributed by atoms with Crippen LogP contribution < -0.4 is 0 Å². The van der Waals surface area contributed by atoms with E-state index in [1.807, 2.05) is 17.0 Å². The van der Waals surface area contributed by atoms with Gasteiger partial charge in [-0.1, -0.05) is 6.07 Å². The SMILES string of the molecule is CCOC(=O)CCC(=O)N(Cc1cccnc1)C1CC1. The molecule has 0 saturated heterocycles. The number of nitrogens with zero attached hydrogens (tertiary/aromatic N) is 2. The summed E-state index contributed by atoms with van der Waals surface area (Å²) in [6.07, 6.45) is 5.96. The Labute approximate surface area is 118 Å². The van der Waals surface area contributed by atoms with Crippen LogP contribution in [0.4, 0.5) is 0 Å². The number of carbonyl (C=O) groups is 2. The smallest absolute Gasteiger partial charge is 0.306 e. The number of carbonyl (C=O) groups excluding carboxylic acids is 2. The second kappa shape index (κ2) is 7.03. The van der Waals surface area contributed by atoms with Gasteiger partial charge in [0.25, 0.3) is 0 Å². The van der Waals surface area contributed by atoms with E-state index in [0.717, 1.165) is 18.4 Å². The maximum atomic E-state index is 12.2. The van der Waals surface area contributed by atoms with Gasteiger partial charge in [-0.25, -0.2) is 0 Å². The highest BCUT2D eigenvalue weighted by Crippen LogP contribution is 2.29. The molecule has 0 unspecified atom stereocenters. The topological polar surface area (TPSA) is 59.5 Å². The summed E-state index contributed by atoms with van der Waals surface area (Å²) in [4.78, 5) is 29.5. The van der Waals surface area contributed by atoms with Crippen molar-refractivity contribution in [3.8, 4) is 0 Å². The predicted octanol–water partition coefficient (Wildman–Crippen LogP) is 1.92. The van der Waals surface area contributed by atoms with Gasteiger partial charge in [-0.15, -0.1) is 0 Å². The summed E-state index contributed by atoms with van der Waals surface area (Å²) < 4.78 is 4.85. The van der Waals surface area contributed by atoms with Gasteiger partial charge in [-0.2, -0.15) is 0 Å². The molecule has 20 heavy (non-hydrogen) atoms. The summed E-state index contributed by atoms with van der Waals surface area (Å²) in [5.41, 5.74) is 1.02. The van der Waals surface area contributed by atoms with E-state index in [1.165, 1.54) is 0 Å². The number of hydrogen-bond acceptors (Lipinski definition) is 4. The fourth-order valence-electron chi connectivity index (χ4n) is 2.08. The van der Waals surface area contributed by atoms with E-state index in [2.05, 4.69) is 4.98 Å². The first-order chi connectivity index (χ1) is 9.70. The van der Waals surface area contributed by atoms with Crippen LogP contribution in [0.1, 0.15) is 38.2 Å². The highest BCUT2D eigenvalue weighted by atomic mass is 16.5.